The Morgan fingerprint density at radius 1 is 0.800 bits per heavy atom. The van der Waals surface area contributed by atoms with Crippen LogP contribution in [0.1, 0.15) is 110 Å². The highest BCUT2D eigenvalue weighted by atomic mass is 16.7. The van der Waals surface area contributed by atoms with E-state index in [1.54, 1.807) is 0 Å². The van der Waals surface area contributed by atoms with Gasteiger partial charge >= 0.3 is 5.97 Å². The molecule has 1 N–H and O–H groups in total. The van der Waals surface area contributed by atoms with E-state index >= 15 is 0 Å². The van der Waals surface area contributed by atoms with Crippen molar-refractivity contribution < 1.29 is 14.6 Å². The zero-order valence-electron chi connectivity index (χ0n) is 19.4. The van der Waals surface area contributed by atoms with Crippen LogP contribution < -0.4 is 0 Å². The van der Waals surface area contributed by atoms with Gasteiger partial charge in [0.15, 0.2) is 0 Å². The summed E-state index contributed by atoms with van der Waals surface area (Å²) in [7, 11) is 0. The molecular formula is C27H44O3. The normalized spacial score (nSPS) is 19.4. The molecule has 3 heteroatoms. The number of carbonyl (C=O) groups is 1. The molecule has 1 aliphatic rings. The maximum atomic E-state index is 11.5. The Kier molecular flexibility index (Phi) is 15.1. The number of carbonyl (C=O) groups excluding carboxylic acids is 1. The molecule has 0 saturated carbocycles. The fourth-order valence-electron chi connectivity index (χ4n) is 3.59. The molecule has 1 heterocycles. The quantitative estimate of drug-likeness (QED) is 0.141. The van der Waals surface area contributed by atoms with Gasteiger partial charge in [0, 0.05) is 12.5 Å². The van der Waals surface area contributed by atoms with Crippen LogP contribution in [0.3, 0.4) is 0 Å². The maximum Gasteiger partial charge on any atom is 0.336 e. The number of allylic oxidation sites excluding steroid dienone is 6. The first-order valence-electron chi connectivity index (χ1n) is 12.2. The van der Waals surface area contributed by atoms with E-state index in [-0.39, 0.29) is 5.97 Å². The lowest BCUT2D eigenvalue weighted by molar-refractivity contribution is -0.172. The van der Waals surface area contributed by atoms with Crippen molar-refractivity contribution in [1.29, 1.82) is 0 Å². The summed E-state index contributed by atoms with van der Waals surface area (Å²) in [6.45, 7) is 3.76. The van der Waals surface area contributed by atoms with Gasteiger partial charge in [-0.1, -0.05) is 88.3 Å². The number of cyclic esters (lactones) is 1. The Morgan fingerprint density at radius 2 is 1.30 bits per heavy atom. The lowest BCUT2D eigenvalue weighted by Gasteiger charge is -2.11. The predicted molar refractivity (Wildman–Crippen MR) is 127 cm³/mol. The second-order valence-electron chi connectivity index (χ2n) is 8.51. The lowest BCUT2D eigenvalue weighted by Crippen LogP contribution is -2.22. The Labute approximate surface area is 185 Å². The van der Waals surface area contributed by atoms with Gasteiger partial charge in [-0.15, -0.1) is 0 Å². The fourth-order valence-corrected chi connectivity index (χ4v) is 3.59. The highest BCUT2D eigenvalue weighted by molar-refractivity contribution is 5.91. The topological polar surface area (TPSA) is 46.5 Å². The van der Waals surface area contributed by atoms with Gasteiger partial charge in [0.25, 0.3) is 0 Å². The van der Waals surface area contributed by atoms with Gasteiger partial charge in [-0.2, -0.15) is 0 Å². The molecule has 1 rings (SSSR count). The largest absolute Gasteiger partial charge is 0.426 e. The first-order valence-corrected chi connectivity index (χ1v) is 12.2. The molecule has 0 aromatic carbocycles. The summed E-state index contributed by atoms with van der Waals surface area (Å²) < 4.78 is 4.86. The minimum atomic E-state index is -1.41. The van der Waals surface area contributed by atoms with Crippen molar-refractivity contribution >= 4 is 5.97 Å². The molecule has 1 aliphatic heterocycles. The average Bonchev–Trinajstić information content (AvgIpc) is 2.97. The average molecular weight is 417 g/mol. The molecule has 1 atom stereocenters. The smallest absolute Gasteiger partial charge is 0.336 e. The van der Waals surface area contributed by atoms with Gasteiger partial charge in [0.05, 0.1) is 0 Å². The summed E-state index contributed by atoms with van der Waals surface area (Å²) in [4.78, 5) is 11.5. The van der Waals surface area contributed by atoms with Crippen molar-refractivity contribution in [3.63, 3.8) is 0 Å². The van der Waals surface area contributed by atoms with Crippen LogP contribution in [-0.4, -0.2) is 16.9 Å². The van der Waals surface area contributed by atoms with Crippen LogP contribution in [0, 0.1) is 0 Å². The van der Waals surface area contributed by atoms with E-state index in [0.29, 0.717) is 12.0 Å². The predicted octanol–water partition coefficient (Wildman–Crippen LogP) is 7.72. The second kappa shape index (κ2) is 17.1. The third-order valence-electron chi connectivity index (χ3n) is 5.34. The third-order valence-corrected chi connectivity index (χ3v) is 5.34. The molecule has 0 aliphatic carbocycles. The van der Waals surface area contributed by atoms with Gasteiger partial charge in [0.1, 0.15) is 0 Å². The van der Waals surface area contributed by atoms with Crippen molar-refractivity contribution in [3.8, 4) is 0 Å². The van der Waals surface area contributed by atoms with E-state index < -0.39 is 5.79 Å². The Morgan fingerprint density at radius 3 is 1.83 bits per heavy atom. The van der Waals surface area contributed by atoms with Gasteiger partial charge in [-0.25, -0.2) is 4.79 Å². The lowest BCUT2D eigenvalue weighted by atomic mass is 10.1. The minimum Gasteiger partial charge on any atom is -0.426 e. The molecule has 0 fully saturated rings. The summed E-state index contributed by atoms with van der Waals surface area (Å²) in [6, 6.07) is 0. The monoisotopic (exact) mass is 416 g/mol. The molecule has 170 valence electrons. The van der Waals surface area contributed by atoms with Crippen molar-refractivity contribution in [2.75, 3.05) is 0 Å². The molecule has 30 heavy (non-hydrogen) atoms. The number of ether oxygens (including phenoxy) is 1. The Bertz CT molecular complexity index is 567. The van der Waals surface area contributed by atoms with Crippen LogP contribution in [0.25, 0.3) is 0 Å². The van der Waals surface area contributed by atoms with Crippen molar-refractivity contribution in [3.05, 3.63) is 48.1 Å². The number of rotatable bonds is 18. The van der Waals surface area contributed by atoms with E-state index in [4.69, 9.17) is 4.74 Å². The minimum absolute atomic E-state index is 0.376. The number of aliphatic hydroxyl groups is 1. The molecule has 0 amide bonds. The van der Waals surface area contributed by atoms with E-state index in [2.05, 4.69) is 43.4 Å². The van der Waals surface area contributed by atoms with E-state index in [1.165, 1.54) is 64.4 Å². The standard InChI is InChI=1S/C27H44O3/c1-3-4-5-6-7-8-9-10-11-12-13-14-15-16-17-18-19-20-21-22-23-25-24-27(2,29)30-26(25)28/h11-12,14-15,17-18,24,29H,3-10,13,16,19-23H2,1-2H3. The Hall–Kier alpha value is -1.61. The molecule has 0 aromatic rings. The van der Waals surface area contributed by atoms with E-state index in [9.17, 15) is 9.90 Å². The molecular weight excluding hydrogens is 372 g/mol. The SMILES string of the molecule is CCCCCCCCCC=CCC=CCC=CCCCCCC1=CC(C)(O)OC1=O. The van der Waals surface area contributed by atoms with E-state index in [0.717, 1.165) is 38.5 Å². The summed E-state index contributed by atoms with van der Waals surface area (Å²) in [6.07, 6.45) is 32.9. The van der Waals surface area contributed by atoms with Crippen LogP contribution in [0.15, 0.2) is 48.1 Å². The second-order valence-corrected chi connectivity index (χ2v) is 8.51. The molecule has 0 aromatic heterocycles. The van der Waals surface area contributed by atoms with Crippen molar-refractivity contribution in [2.45, 2.75) is 116 Å². The third kappa shape index (κ3) is 14.4. The number of hydrogen-bond donors (Lipinski definition) is 1. The molecule has 0 bridgehead atoms. The molecule has 1 unspecified atom stereocenters. The number of esters is 1. The van der Waals surface area contributed by atoms with Gasteiger partial charge in [-0.3, -0.25) is 0 Å². The zero-order valence-corrected chi connectivity index (χ0v) is 19.4. The first kappa shape index (κ1) is 26.4. The summed E-state index contributed by atoms with van der Waals surface area (Å²) in [5.74, 6) is -1.79. The molecule has 3 nitrogen and oxygen atoms in total. The van der Waals surface area contributed by atoms with Gasteiger partial charge in [0.2, 0.25) is 5.79 Å². The highest BCUT2D eigenvalue weighted by Gasteiger charge is 2.32. The van der Waals surface area contributed by atoms with Crippen LogP contribution in [0.4, 0.5) is 0 Å². The molecule has 0 radical (unpaired) electrons. The zero-order chi connectivity index (χ0) is 21.9. The van der Waals surface area contributed by atoms with E-state index in [1.807, 2.05) is 0 Å². The highest BCUT2D eigenvalue weighted by Crippen LogP contribution is 2.25. The summed E-state index contributed by atoms with van der Waals surface area (Å²) in [5, 5.41) is 9.66. The van der Waals surface area contributed by atoms with Crippen molar-refractivity contribution in [2.24, 2.45) is 0 Å². The van der Waals surface area contributed by atoms with Gasteiger partial charge < -0.3 is 9.84 Å². The van der Waals surface area contributed by atoms with Gasteiger partial charge in [-0.05, 0) is 57.4 Å². The summed E-state index contributed by atoms with van der Waals surface area (Å²) in [5.41, 5.74) is 0.608. The maximum absolute atomic E-state index is 11.5. The van der Waals surface area contributed by atoms with Crippen LogP contribution in [-0.2, 0) is 9.53 Å². The van der Waals surface area contributed by atoms with Crippen LogP contribution >= 0.6 is 0 Å². The Balaban J connectivity index is 1.88. The number of unbranched alkanes of at least 4 members (excludes halogenated alkanes) is 10. The summed E-state index contributed by atoms with van der Waals surface area (Å²) >= 11 is 0. The van der Waals surface area contributed by atoms with Crippen LogP contribution in [0.2, 0.25) is 0 Å². The number of hydrogen-bond acceptors (Lipinski definition) is 3. The van der Waals surface area contributed by atoms with Crippen molar-refractivity contribution in [1.82, 2.24) is 0 Å². The molecule has 0 saturated heterocycles. The fraction of sp³-hybridized carbons (Fsp3) is 0.667. The first-order chi connectivity index (χ1) is 14.5. The van der Waals surface area contributed by atoms with Crippen LogP contribution in [0.5, 0.6) is 0 Å². The molecule has 0 spiro atoms.